The molecule has 4 aliphatic rings. The number of hydrogen-bond donors (Lipinski definition) is 2. The van der Waals surface area contributed by atoms with Gasteiger partial charge in [0.1, 0.15) is 5.82 Å². The van der Waals surface area contributed by atoms with Gasteiger partial charge in [0.05, 0.1) is 29.5 Å². The standard InChI is InChI=1S/C22H36N4O2/c1-5-20-8-17-9-21(13-20,15-22(28,10-17)14-20)19(27)26(7-6-25(3)4)12-18-11-23-16(2)24-18/h11,17,28H,5-10,12-15H2,1-4H3,(H,23,24). The average Bonchev–Trinajstić information content (AvgIpc) is 3.00. The van der Waals surface area contributed by atoms with Gasteiger partial charge in [0, 0.05) is 13.1 Å². The molecule has 6 nitrogen and oxygen atoms in total. The first-order chi connectivity index (χ1) is 13.2. The van der Waals surface area contributed by atoms with E-state index >= 15 is 0 Å². The van der Waals surface area contributed by atoms with Crippen molar-refractivity contribution in [2.45, 2.75) is 70.9 Å². The Morgan fingerprint density at radius 2 is 2.04 bits per heavy atom. The number of aromatic amines is 1. The Bertz CT molecular complexity index is 747. The van der Waals surface area contributed by atoms with E-state index in [1.165, 1.54) is 6.42 Å². The SMILES string of the molecule is CCC12CC3CC(O)(C1)CC(C(=O)N(CCN(C)C)Cc1cnc(C)[nH]1)(C3)C2. The highest BCUT2D eigenvalue weighted by Crippen LogP contribution is 2.68. The van der Waals surface area contributed by atoms with Gasteiger partial charge in [0.25, 0.3) is 0 Å². The zero-order valence-corrected chi connectivity index (χ0v) is 17.9. The van der Waals surface area contributed by atoms with Crippen LogP contribution >= 0.6 is 0 Å². The highest BCUT2D eigenvalue weighted by molar-refractivity contribution is 5.83. The third kappa shape index (κ3) is 3.50. The maximum atomic E-state index is 14.0. The number of aryl methyl sites for hydroxylation is 1. The number of rotatable bonds is 7. The summed E-state index contributed by atoms with van der Waals surface area (Å²) in [5.41, 5.74) is 0.119. The van der Waals surface area contributed by atoms with Crippen molar-refractivity contribution < 1.29 is 9.90 Å². The minimum Gasteiger partial charge on any atom is -0.390 e. The van der Waals surface area contributed by atoms with Gasteiger partial charge in [-0.1, -0.05) is 13.3 Å². The normalized spacial score (nSPS) is 36.3. The Kier molecular flexibility index (Phi) is 4.86. The van der Waals surface area contributed by atoms with Crippen LogP contribution in [0.25, 0.3) is 0 Å². The summed E-state index contributed by atoms with van der Waals surface area (Å²) in [5.74, 6) is 1.63. The number of amides is 1. The van der Waals surface area contributed by atoms with Crippen LogP contribution in [0, 0.1) is 23.7 Å². The first-order valence-corrected chi connectivity index (χ1v) is 10.8. The molecule has 5 rings (SSSR count). The molecule has 4 unspecified atom stereocenters. The van der Waals surface area contributed by atoms with Crippen molar-refractivity contribution in [3.8, 4) is 0 Å². The van der Waals surface area contributed by atoms with E-state index in [0.29, 0.717) is 25.4 Å². The van der Waals surface area contributed by atoms with E-state index in [1.807, 2.05) is 32.1 Å². The van der Waals surface area contributed by atoms with Gasteiger partial charge in [0.2, 0.25) is 5.91 Å². The zero-order chi connectivity index (χ0) is 20.2. The maximum Gasteiger partial charge on any atom is 0.229 e. The molecule has 1 aromatic rings. The maximum absolute atomic E-state index is 14.0. The van der Waals surface area contributed by atoms with Crippen LogP contribution < -0.4 is 0 Å². The highest BCUT2D eigenvalue weighted by atomic mass is 16.3. The van der Waals surface area contributed by atoms with Gasteiger partial charge in [-0.2, -0.15) is 0 Å². The molecule has 1 aromatic heterocycles. The number of nitrogens with one attached hydrogen (secondary N) is 1. The molecule has 4 atom stereocenters. The molecule has 4 aliphatic carbocycles. The minimum atomic E-state index is -0.636. The summed E-state index contributed by atoms with van der Waals surface area (Å²) in [6.45, 7) is 6.29. The van der Waals surface area contributed by atoms with Gasteiger partial charge in [-0.05, 0) is 70.9 Å². The van der Waals surface area contributed by atoms with Crippen LogP contribution in [0.15, 0.2) is 6.20 Å². The lowest BCUT2D eigenvalue weighted by Crippen LogP contribution is -2.64. The second-order valence-corrected chi connectivity index (χ2v) is 10.4. The van der Waals surface area contributed by atoms with E-state index in [1.54, 1.807) is 0 Å². The van der Waals surface area contributed by atoms with Crippen molar-refractivity contribution in [2.75, 3.05) is 27.2 Å². The number of carbonyl (C=O) groups is 1. The molecule has 4 bridgehead atoms. The van der Waals surface area contributed by atoms with Crippen molar-refractivity contribution in [2.24, 2.45) is 16.7 Å². The molecule has 156 valence electrons. The van der Waals surface area contributed by atoms with Crippen LogP contribution in [0.1, 0.15) is 63.4 Å². The molecular formula is C22H36N4O2. The van der Waals surface area contributed by atoms with E-state index in [-0.39, 0.29) is 16.7 Å². The summed E-state index contributed by atoms with van der Waals surface area (Å²) < 4.78 is 0. The topological polar surface area (TPSA) is 72.5 Å². The number of carbonyl (C=O) groups excluding carboxylic acids is 1. The summed E-state index contributed by atoms with van der Waals surface area (Å²) in [7, 11) is 4.09. The van der Waals surface area contributed by atoms with Gasteiger partial charge in [-0.25, -0.2) is 4.98 Å². The monoisotopic (exact) mass is 388 g/mol. The van der Waals surface area contributed by atoms with E-state index in [9.17, 15) is 9.90 Å². The molecule has 6 heteroatoms. The van der Waals surface area contributed by atoms with E-state index in [0.717, 1.165) is 50.2 Å². The fourth-order valence-electron chi connectivity index (χ4n) is 6.88. The molecule has 28 heavy (non-hydrogen) atoms. The first kappa shape index (κ1) is 19.9. The van der Waals surface area contributed by atoms with Crippen LogP contribution in [0.4, 0.5) is 0 Å². The predicted octanol–water partition coefficient (Wildman–Crippen LogP) is 2.72. The lowest BCUT2D eigenvalue weighted by atomic mass is 9.42. The molecule has 0 spiro atoms. The Labute approximate surface area is 168 Å². The number of hydrogen-bond acceptors (Lipinski definition) is 4. The van der Waals surface area contributed by atoms with Crippen molar-refractivity contribution >= 4 is 5.91 Å². The molecule has 0 aromatic carbocycles. The summed E-state index contributed by atoms with van der Waals surface area (Å²) in [4.78, 5) is 25.7. The van der Waals surface area contributed by atoms with E-state index in [4.69, 9.17) is 0 Å². The van der Waals surface area contributed by atoms with Gasteiger partial charge in [0.15, 0.2) is 0 Å². The Morgan fingerprint density at radius 1 is 1.25 bits per heavy atom. The second kappa shape index (κ2) is 6.84. The lowest BCUT2D eigenvalue weighted by molar-refractivity contribution is -0.210. The van der Waals surface area contributed by atoms with Crippen LogP contribution in [0.5, 0.6) is 0 Å². The number of aliphatic hydroxyl groups is 1. The van der Waals surface area contributed by atoms with Crippen LogP contribution in [-0.4, -0.2) is 63.6 Å². The van der Waals surface area contributed by atoms with E-state index < -0.39 is 5.60 Å². The molecule has 0 saturated heterocycles. The van der Waals surface area contributed by atoms with Crippen LogP contribution in [-0.2, 0) is 11.3 Å². The average molecular weight is 389 g/mol. The molecule has 1 amide bonds. The van der Waals surface area contributed by atoms with Crippen molar-refractivity contribution in [1.29, 1.82) is 0 Å². The van der Waals surface area contributed by atoms with Crippen molar-refractivity contribution in [3.05, 3.63) is 17.7 Å². The van der Waals surface area contributed by atoms with E-state index in [2.05, 4.69) is 21.8 Å². The Balaban J connectivity index is 1.61. The largest absolute Gasteiger partial charge is 0.390 e. The summed E-state index contributed by atoms with van der Waals surface area (Å²) >= 11 is 0. The highest BCUT2D eigenvalue weighted by Gasteiger charge is 2.65. The van der Waals surface area contributed by atoms with Crippen molar-refractivity contribution in [3.63, 3.8) is 0 Å². The van der Waals surface area contributed by atoms with Crippen LogP contribution in [0.2, 0.25) is 0 Å². The van der Waals surface area contributed by atoms with Crippen molar-refractivity contribution in [1.82, 2.24) is 19.8 Å². The summed E-state index contributed by atoms with van der Waals surface area (Å²) in [5, 5.41) is 11.3. The van der Waals surface area contributed by atoms with Crippen LogP contribution in [0.3, 0.4) is 0 Å². The molecule has 4 saturated carbocycles. The smallest absolute Gasteiger partial charge is 0.229 e. The fraction of sp³-hybridized carbons (Fsp3) is 0.818. The number of likely N-dealkylation sites (N-methyl/N-ethyl adjacent to an activating group) is 1. The molecule has 0 radical (unpaired) electrons. The molecule has 2 N–H and O–H groups in total. The molecule has 1 heterocycles. The second-order valence-electron chi connectivity index (χ2n) is 10.4. The summed E-state index contributed by atoms with van der Waals surface area (Å²) in [6.07, 6.45) is 8.44. The minimum absolute atomic E-state index is 0.154. The van der Waals surface area contributed by atoms with Gasteiger partial charge < -0.3 is 19.9 Å². The Morgan fingerprint density at radius 3 is 2.64 bits per heavy atom. The zero-order valence-electron chi connectivity index (χ0n) is 17.9. The van der Waals surface area contributed by atoms with Gasteiger partial charge in [-0.15, -0.1) is 0 Å². The fourth-order valence-corrected chi connectivity index (χ4v) is 6.88. The molecular weight excluding hydrogens is 352 g/mol. The third-order valence-electron chi connectivity index (χ3n) is 7.58. The first-order valence-electron chi connectivity index (χ1n) is 10.8. The van der Waals surface area contributed by atoms with Gasteiger partial charge >= 0.3 is 0 Å². The number of nitrogens with zero attached hydrogens (tertiary/aromatic N) is 3. The van der Waals surface area contributed by atoms with Gasteiger partial charge in [-0.3, -0.25) is 4.79 Å². The molecule has 0 aliphatic heterocycles. The predicted molar refractivity (Wildman–Crippen MR) is 109 cm³/mol. The third-order valence-corrected chi connectivity index (χ3v) is 7.58. The number of H-pyrrole nitrogens is 1. The molecule has 4 fully saturated rings. The quantitative estimate of drug-likeness (QED) is 0.753. The number of imidazole rings is 1. The lowest BCUT2D eigenvalue weighted by Gasteiger charge is -2.64. The summed E-state index contributed by atoms with van der Waals surface area (Å²) in [6, 6.07) is 0. The Hall–Kier alpha value is -1.40. The number of aromatic nitrogens is 2.